The number of ether oxygens (including phenoxy) is 1. The monoisotopic (exact) mass is 409 g/mol. The van der Waals surface area contributed by atoms with E-state index in [1.165, 1.54) is 5.69 Å². The van der Waals surface area contributed by atoms with E-state index < -0.39 is 0 Å². The summed E-state index contributed by atoms with van der Waals surface area (Å²) in [6.07, 6.45) is 9.14. The van der Waals surface area contributed by atoms with E-state index in [0.717, 1.165) is 38.8 Å². The molecule has 0 radical (unpaired) electrons. The van der Waals surface area contributed by atoms with E-state index in [9.17, 15) is 4.79 Å². The lowest BCUT2D eigenvalue weighted by atomic mass is 9.91. The molecule has 1 aromatic carbocycles. The predicted octanol–water partition coefficient (Wildman–Crippen LogP) is 4.75. The van der Waals surface area contributed by atoms with Gasteiger partial charge >= 0.3 is 0 Å². The average molecular weight is 410 g/mol. The normalized spacial score (nSPS) is 15.1. The van der Waals surface area contributed by atoms with Crippen molar-refractivity contribution in [2.45, 2.75) is 38.5 Å². The molecule has 1 amide bonds. The van der Waals surface area contributed by atoms with Crippen LogP contribution in [-0.4, -0.2) is 40.5 Å². The second-order valence-corrected chi connectivity index (χ2v) is 7.81. The highest BCUT2D eigenvalue weighted by atomic mass is 35.5. The Labute approximate surface area is 170 Å². The lowest BCUT2D eigenvalue weighted by Gasteiger charge is -2.32. The van der Waals surface area contributed by atoms with Crippen molar-refractivity contribution in [1.29, 1.82) is 0 Å². The number of halogens is 2. The maximum Gasteiger partial charge on any atom is 0.222 e. The highest BCUT2D eigenvalue weighted by molar-refractivity contribution is 6.35. The maximum atomic E-state index is 12.4. The summed E-state index contributed by atoms with van der Waals surface area (Å²) in [7, 11) is 0. The lowest BCUT2D eigenvalue weighted by Crippen LogP contribution is -2.38. The quantitative estimate of drug-likeness (QED) is 0.640. The Morgan fingerprint density at radius 2 is 2.11 bits per heavy atom. The van der Waals surface area contributed by atoms with Crippen LogP contribution in [0.25, 0.3) is 0 Å². The summed E-state index contributed by atoms with van der Waals surface area (Å²) in [4.78, 5) is 21.6. The average Bonchev–Trinajstić information content (AvgIpc) is 3.19. The van der Waals surface area contributed by atoms with Crippen LogP contribution in [0.1, 0.15) is 37.8 Å². The Morgan fingerprint density at radius 1 is 1.30 bits per heavy atom. The molecule has 1 fully saturated rings. The van der Waals surface area contributed by atoms with E-state index in [0.29, 0.717) is 41.2 Å². The summed E-state index contributed by atoms with van der Waals surface area (Å²) in [5.74, 6) is 1.51. The van der Waals surface area contributed by atoms with E-state index in [-0.39, 0.29) is 5.91 Å². The topological polar surface area (TPSA) is 58.2 Å². The SMILES string of the molecule is O=C(CCCOc1ccc(Cl)cc1Cl)N1CCC(CCc2cnc[nH]2)CC1. The number of rotatable bonds is 8. The first-order valence-corrected chi connectivity index (χ1v) is 10.2. The lowest BCUT2D eigenvalue weighted by molar-refractivity contribution is -0.132. The molecule has 0 atom stereocenters. The number of aromatic amines is 1. The minimum Gasteiger partial charge on any atom is -0.492 e. The molecule has 0 aliphatic carbocycles. The number of carbonyl (C=O) groups is 1. The number of hydrogen-bond donors (Lipinski definition) is 1. The van der Waals surface area contributed by atoms with E-state index in [4.69, 9.17) is 27.9 Å². The van der Waals surface area contributed by atoms with Crippen molar-refractivity contribution in [3.8, 4) is 5.75 Å². The van der Waals surface area contributed by atoms with Gasteiger partial charge in [0.25, 0.3) is 0 Å². The molecule has 7 heteroatoms. The fourth-order valence-corrected chi connectivity index (χ4v) is 3.87. The van der Waals surface area contributed by atoms with Crippen molar-refractivity contribution in [3.63, 3.8) is 0 Å². The zero-order valence-electron chi connectivity index (χ0n) is 15.3. The fourth-order valence-electron chi connectivity index (χ4n) is 3.41. The first kappa shape index (κ1) is 20.0. The van der Waals surface area contributed by atoms with Crippen LogP contribution < -0.4 is 4.74 Å². The molecule has 1 aliphatic rings. The molecule has 0 spiro atoms. The van der Waals surface area contributed by atoms with Crippen LogP contribution >= 0.6 is 23.2 Å². The van der Waals surface area contributed by atoms with Crippen LogP contribution in [0, 0.1) is 5.92 Å². The molecule has 5 nitrogen and oxygen atoms in total. The zero-order valence-corrected chi connectivity index (χ0v) is 16.8. The first-order chi connectivity index (χ1) is 13.1. The Bertz CT molecular complexity index is 729. The number of H-pyrrole nitrogens is 1. The molecular weight excluding hydrogens is 385 g/mol. The highest BCUT2D eigenvalue weighted by Gasteiger charge is 2.22. The number of nitrogens with one attached hydrogen (secondary N) is 1. The van der Waals surface area contributed by atoms with E-state index >= 15 is 0 Å². The minimum absolute atomic E-state index is 0.216. The number of likely N-dealkylation sites (tertiary alicyclic amines) is 1. The summed E-state index contributed by atoms with van der Waals surface area (Å²) >= 11 is 11.9. The summed E-state index contributed by atoms with van der Waals surface area (Å²) < 4.78 is 5.64. The summed E-state index contributed by atoms with van der Waals surface area (Å²) in [5.41, 5.74) is 1.19. The molecule has 2 heterocycles. The summed E-state index contributed by atoms with van der Waals surface area (Å²) in [6.45, 7) is 2.18. The van der Waals surface area contributed by atoms with Gasteiger partial charge in [-0.2, -0.15) is 0 Å². The van der Waals surface area contributed by atoms with Gasteiger partial charge in [-0.25, -0.2) is 4.98 Å². The maximum absolute atomic E-state index is 12.4. The van der Waals surface area contributed by atoms with Gasteiger partial charge in [0, 0.05) is 36.4 Å². The van der Waals surface area contributed by atoms with Crippen molar-refractivity contribution in [2.75, 3.05) is 19.7 Å². The van der Waals surface area contributed by atoms with Crippen molar-refractivity contribution in [2.24, 2.45) is 5.92 Å². The Morgan fingerprint density at radius 3 is 2.81 bits per heavy atom. The molecule has 2 aromatic rings. The van der Waals surface area contributed by atoms with Crippen LogP contribution in [0.2, 0.25) is 10.0 Å². The van der Waals surface area contributed by atoms with Crippen LogP contribution in [0.4, 0.5) is 0 Å². The van der Waals surface area contributed by atoms with Crippen LogP contribution in [0.3, 0.4) is 0 Å². The van der Waals surface area contributed by atoms with E-state index in [1.54, 1.807) is 24.5 Å². The van der Waals surface area contributed by atoms with Crippen molar-refractivity contribution in [3.05, 3.63) is 46.5 Å². The van der Waals surface area contributed by atoms with Crippen LogP contribution in [0.15, 0.2) is 30.7 Å². The van der Waals surface area contributed by atoms with Gasteiger partial charge in [-0.3, -0.25) is 4.79 Å². The molecule has 1 saturated heterocycles. The number of piperidine rings is 1. The van der Waals surface area contributed by atoms with Gasteiger partial charge in [0.2, 0.25) is 5.91 Å². The van der Waals surface area contributed by atoms with Crippen molar-refractivity contribution < 1.29 is 9.53 Å². The Kier molecular flexibility index (Phi) is 7.41. The molecule has 27 heavy (non-hydrogen) atoms. The van der Waals surface area contributed by atoms with Gasteiger partial charge in [-0.05, 0) is 56.2 Å². The predicted molar refractivity (Wildman–Crippen MR) is 107 cm³/mol. The van der Waals surface area contributed by atoms with Gasteiger partial charge in [-0.1, -0.05) is 23.2 Å². The molecule has 1 N–H and O–H groups in total. The summed E-state index contributed by atoms with van der Waals surface area (Å²) in [5, 5.41) is 1.07. The molecule has 3 rings (SSSR count). The van der Waals surface area contributed by atoms with Crippen molar-refractivity contribution in [1.82, 2.24) is 14.9 Å². The van der Waals surface area contributed by atoms with Gasteiger partial charge < -0.3 is 14.6 Å². The third-order valence-electron chi connectivity index (χ3n) is 5.03. The number of aromatic nitrogens is 2. The van der Waals surface area contributed by atoms with E-state index in [1.807, 2.05) is 11.1 Å². The number of hydrogen-bond acceptors (Lipinski definition) is 3. The number of amides is 1. The molecule has 0 unspecified atom stereocenters. The Hall–Kier alpha value is -1.72. The van der Waals surface area contributed by atoms with Crippen molar-refractivity contribution >= 4 is 29.1 Å². The number of imidazole rings is 1. The molecule has 0 bridgehead atoms. The second kappa shape index (κ2) is 10.00. The second-order valence-electron chi connectivity index (χ2n) is 6.97. The third kappa shape index (κ3) is 6.15. The minimum atomic E-state index is 0.216. The van der Waals surface area contributed by atoms with Gasteiger partial charge in [0.15, 0.2) is 0 Å². The number of nitrogens with zero attached hydrogens (tertiary/aromatic N) is 2. The summed E-state index contributed by atoms with van der Waals surface area (Å²) in [6, 6.07) is 5.14. The zero-order chi connectivity index (χ0) is 19.1. The molecule has 146 valence electrons. The number of benzene rings is 1. The fraction of sp³-hybridized carbons (Fsp3) is 0.500. The Balaban J connectivity index is 1.31. The smallest absolute Gasteiger partial charge is 0.222 e. The van der Waals surface area contributed by atoms with Gasteiger partial charge in [-0.15, -0.1) is 0 Å². The van der Waals surface area contributed by atoms with Gasteiger partial charge in [0.05, 0.1) is 18.0 Å². The molecular formula is C20H25Cl2N3O2. The standard InChI is InChI=1S/C20H25Cl2N3O2/c21-16-4-6-19(18(22)12-16)27-11-1-2-20(26)25-9-7-15(8-10-25)3-5-17-13-23-14-24-17/h4,6,12-15H,1-3,5,7-11H2,(H,23,24). The third-order valence-corrected chi connectivity index (χ3v) is 5.56. The van der Waals surface area contributed by atoms with Crippen LogP contribution in [0.5, 0.6) is 5.75 Å². The number of aryl methyl sites for hydroxylation is 1. The first-order valence-electron chi connectivity index (χ1n) is 9.44. The molecule has 1 aliphatic heterocycles. The van der Waals surface area contributed by atoms with Crippen LogP contribution in [-0.2, 0) is 11.2 Å². The highest BCUT2D eigenvalue weighted by Crippen LogP contribution is 2.27. The number of carbonyl (C=O) groups excluding carboxylic acids is 1. The largest absolute Gasteiger partial charge is 0.492 e. The molecule has 1 aromatic heterocycles. The molecule has 0 saturated carbocycles. The van der Waals surface area contributed by atoms with Gasteiger partial charge in [0.1, 0.15) is 5.75 Å². The van der Waals surface area contributed by atoms with E-state index in [2.05, 4.69) is 9.97 Å².